The van der Waals surface area contributed by atoms with Crippen LogP contribution in [0.3, 0.4) is 0 Å². The highest BCUT2D eigenvalue weighted by Crippen LogP contribution is 2.10. The van der Waals surface area contributed by atoms with Crippen molar-refractivity contribution in [3.8, 4) is 12.3 Å². The van der Waals surface area contributed by atoms with Gasteiger partial charge in [0.1, 0.15) is 0 Å². The van der Waals surface area contributed by atoms with Crippen LogP contribution in [-0.4, -0.2) is 30.7 Å². The van der Waals surface area contributed by atoms with E-state index in [0.717, 1.165) is 5.56 Å². The molecule has 0 spiro atoms. The molecular formula is C13H16N2O2. The Labute approximate surface area is 101 Å². The Bertz CT molecular complexity index is 384. The largest absolute Gasteiger partial charge is 0.394 e. The normalized spacial score (nSPS) is 11.5. The molecule has 90 valence electrons. The van der Waals surface area contributed by atoms with Crippen LogP contribution in [-0.2, 0) is 4.79 Å². The third kappa shape index (κ3) is 4.68. The summed E-state index contributed by atoms with van der Waals surface area (Å²) in [6.07, 6.45) is 5.05. The van der Waals surface area contributed by atoms with Gasteiger partial charge in [0.05, 0.1) is 25.7 Å². The third-order valence-corrected chi connectivity index (χ3v) is 2.23. The van der Waals surface area contributed by atoms with Crippen LogP contribution in [0, 0.1) is 12.3 Å². The molecule has 1 aromatic rings. The van der Waals surface area contributed by atoms with Crippen molar-refractivity contribution in [3.05, 3.63) is 35.9 Å². The van der Waals surface area contributed by atoms with Crippen molar-refractivity contribution < 1.29 is 9.90 Å². The predicted octanol–water partition coefficient (Wildman–Crippen LogP) is 0.0590. The lowest BCUT2D eigenvalue weighted by Crippen LogP contribution is -2.37. The lowest BCUT2D eigenvalue weighted by Gasteiger charge is -2.16. The number of hydrogen-bond donors (Lipinski definition) is 3. The number of carbonyl (C=O) groups excluding carboxylic acids is 1. The van der Waals surface area contributed by atoms with Gasteiger partial charge in [-0.3, -0.25) is 10.1 Å². The quantitative estimate of drug-likeness (QED) is 0.480. The second-order valence-electron chi connectivity index (χ2n) is 3.52. The second-order valence-corrected chi connectivity index (χ2v) is 3.52. The first-order valence-corrected chi connectivity index (χ1v) is 5.37. The van der Waals surface area contributed by atoms with Gasteiger partial charge in [-0.1, -0.05) is 36.3 Å². The van der Waals surface area contributed by atoms with Crippen LogP contribution in [0.4, 0.5) is 0 Å². The van der Waals surface area contributed by atoms with Crippen LogP contribution in [0.25, 0.3) is 0 Å². The first-order valence-electron chi connectivity index (χ1n) is 5.37. The first kappa shape index (κ1) is 13.2. The molecule has 0 radical (unpaired) electrons. The number of amides is 1. The Morgan fingerprint density at radius 2 is 2.12 bits per heavy atom. The molecular weight excluding hydrogens is 216 g/mol. The van der Waals surface area contributed by atoms with Crippen molar-refractivity contribution in [2.24, 2.45) is 0 Å². The van der Waals surface area contributed by atoms with Crippen LogP contribution >= 0.6 is 0 Å². The topological polar surface area (TPSA) is 61.4 Å². The summed E-state index contributed by atoms with van der Waals surface area (Å²) in [6.45, 7) is 0.362. The van der Waals surface area contributed by atoms with E-state index in [2.05, 4.69) is 16.6 Å². The summed E-state index contributed by atoms with van der Waals surface area (Å²) in [4.78, 5) is 11.5. The van der Waals surface area contributed by atoms with Crippen molar-refractivity contribution in [3.63, 3.8) is 0 Å². The monoisotopic (exact) mass is 232 g/mol. The van der Waals surface area contributed by atoms with Gasteiger partial charge in [0, 0.05) is 0 Å². The summed E-state index contributed by atoms with van der Waals surface area (Å²) >= 11 is 0. The Morgan fingerprint density at radius 3 is 2.71 bits per heavy atom. The Hall–Kier alpha value is -1.83. The Balaban J connectivity index is 2.48. The summed E-state index contributed by atoms with van der Waals surface area (Å²) in [7, 11) is 0. The van der Waals surface area contributed by atoms with E-state index in [-0.39, 0.29) is 25.1 Å². The maximum atomic E-state index is 11.5. The fourth-order valence-corrected chi connectivity index (χ4v) is 1.41. The van der Waals surface area contributed by atoms with Gasteiger partial charge in [-0.25, -0.2) is 0 Å². The molecule has 0 aliphatic heterocycles. The molecule has 0 fully saturated rings. The van der Waals surface area contributed by atoms with Crippen LogP contribution < -0.4 is 10.6 Å². The summed E-state index contributed by atoms with van der Waals surface area (Å²) in [6, 6.07) is 8.94. The molecule has 0 bridgehead atoms. The van der Waals surface area contributed by atoms with E-state index in [1.807, 2.05) is 30.3 Å². The molecule has 17 heavy (non-hydrogen) atoms. The number of terminal acetylenes is 1. The maximum absolute atomic E-state index is 11.5. The Kier molecular flexibility index (Phi) is 5.80. The molecule has 3 N–H and O–H groups in total. The molecule has 1 unspecified atom stereocenters. The van der Waals surface area contributed by atoms with E-state index in [1.165, 1.54) is 0 Å². The smallest absolute Gasteiger partial charge is 0.234 e. The van der Waals surface area contributed by atoms with Crippen molar-refractivity contribution in [1.82, 2.24) is 10.6 Å². The minimum atomic E-state index is -0.378. The zero-order chi connectivity index (χ0) is 12.5. The van der Waals surface area contributed by atoms with Gasteiger partial charge >= 0.3 is 0 Å². The number of aliphatic hydroxyl groups excluding tert-OH is 1. The first-order chi connectivity index (χ1) is 8.27. The molecule has 1 amide bonds. The highest BCUT2D eigenvalue weighted by molar-refractivity contribution is 5.78. The van der Waals surface area contributed by atoms with E-state index in [4.69, 9.17) is 6.42 Å². The van der Waals surface area contributed by atoms with Crippen molar-refractivity contribution in [1.29, 1.82) is 0 Å². The zero-order valence-electron chi connectivity index (χ0n) is 9.52. The summed E-state index contributed by atoms with van der Waals surface area (Å²) in [5.74, 6) is 2.19. The number of benzene rings is 1. The Morgan fingerprint density at radius 1 is 1.41 bits per heavy atom. The zero-order valence-corrected chi connectivity index (χ0v) is 9.52. The molecule has 1 aromatic carbocycles. The van der Waals surface area contributed by atoms with E-state index >= 15 is 0 Å². The number of aliphatic hydroxyl groups is 1. The van der Waals surface area contributed by atoms with Gasteiger partial charge in [-0.05, 0) is 5.56 Å². The highest BCUT2D eigenvalue weighted by atomic mass is 16.3. The number of carbonyl (C=O) groups is 1. The summed E-state index contributed by atoms with van der Waals surface area (Å²) in [5.41, 5.74) is 0.875. The average Bonchev–Trinajstić information content (AvgIpc) is 2.37. The molecule has 0 aliphatic rings. The van der Waals surface area contributed by atoms with Gasteiger partial charge in [-0.15, -0.1) is 6.42 Å². The van der Waals surface area contributed by atoms with E-state index < -0.39 is 0 Å². The van der Waals surface area contributed by atoms with Gasteiger partial charge in [0.2, 0.25) is 5.91 Å². The lowest BCUT2D eigenvalue weighted by atomic mass is 10.1. The van der Waals surface area contributed by atoms with Crippen LogP contribution in [0.2, 0.25) is 0 Å². The average molecular weight is 232 g/mol. The highest BCUT2D eigenvalue weighted by Gasteiger charge is 2.12. The molecule has 0 saturated carbocycles. The second kappa shape index (κ2) is 7.44. The fraction of sp³-hybridized carbons (Fsp3) is 0.308. The van der Waals surface area contributed by atoms with Gasteiger partial charge < -0.3 is 10.4 Å². The lowest BCUT2D eigenvalue weighted by molar-refractivity contribution is -0.121. The summed E-state index contributed by atoms with van der Waals surface area (Å²) < 4.78 is 0. The van der Waals surface area contributed by atoms with Gasteiger partial charge in [0.15, 0.2) is 0 Å². The molecule has 4 heteroatoms. The van der Waals surface area contributed by atoms with E-state index in [0.29, 0.717) is 6.54 Å². The standard InChI is InChI=1S/C13H16N2O2/c1-2-8-14-9-13(17)15-12(10-16)11-6-4-3-5-7-11/h1,3-7,12,14,16H,8-10H2,(H,15,17). The molecule has 0 saturated heterocycles. The molecule has 0 heterocycles. The SMILES string of the molecule is C#CCNCC(=O)NC(CO)c1ccccc1. The fourth-order valence-electron chi connectivity index (χ4n) is 1.41. The van der Waals surface area contributed by atoms with Crippen LogP contribution in [0.15, 0.2) is 30.3 Å². The number of nitrogens with one attached hydrogen (secondary N) is 2. The molecule has 1 rings (SSSR count). The van der Waals surface area contributed by atoms with Crippen LogP contribution in [0.5, 0.6) is 0 Å². The minimum Gasteiger partial charge on any atom is -0.394 e. The van der Waals surface area contributed by atoms with Crippen molar-refractivity contribution in [2.45, 2.75) is 6.04 Å². The summed E-state index contributed by atoms with van der Waals surface area (Å²) in [5, 5.41) is 14.7. The molecule has 0 aromatic heterocycles. The van der Waals surface area contributed by atoms with Gasteiger partial charge in [0.25, 0.3) is 0 Å². The maximum Gasteiger partial charge on any atom is 0.234 e. The van der Waals surface area contributed by atoms with E-state index in [9.17, 15) is 9.90 Å². The predicted molar refractivity (Wildman–Crippen MR) is 66.1 cm³/mol. The van der Waals surface area contributed by atoms with E-state index in [1.54, 1.807) is 0 Å². The minimum absolute atomic E-state index is 0.134. The number of rotatable bonds is 6. The third-order valence-electron chi connectivity index (χ3n) is 2.23. The number of hydrogen-bond acceptors (Lipinski definition) is 3. The molecule has 0 aliphatic carbocycles. The van der Waals surface area contributed by atoms with Crippen molar-refractivity contribution >= 4 is 5.91 Å². The van der Waals surface area contributed by atoms with Gasteiger partial charge in [-0.2, -0.15) is 0 Å². The molecule has 4 nitrogen and oxygen atoms in total. The van der Waals surface area contributed by atoms with Crippen molar-refractivity contribution in [2.75, 3.05) is 19.7 Å². The van der Waals surface area contributed by atoms with Crippen LogP contribution in [0.1, 0.15) is 11.6 Å². The molecule has 1 atom stereocenters.